The second-order valence-corrected chi connectivity index (χ2v) is 7.89. The van der Waals surface area contributed by atoms with Gasteiger partial charge in [-0.2, -0.15) is 0 Å². The van der Waals surface area contributed by atoms with Crippen molar-refractivity contribution in [2.45, 2.75) is 22.4 Å². The number of phosphoric acid groups is 1. The monoisotopic (exact) mass is 400 g/mol. The van der Waals surface area contributed by atoms with E-state index in [2.05, 4.69) is 0 Å². The van der Waals surface area contributed by atoms with Crippen LogP contribution in [0, 0.1) is 0 Å². The Morgan fingerprint density at radius 3 is 1.67 bits per heavy atom. The Morgan fingerprint density at radius 1 is 1.00 bits per heavy atom. The van der Waals surface area contributed by atoms with Gasteiger partial charge in [-0.1, -0.05) is 53.3 Å². The van der Waals surface area contributed by atoms with Crippen LogP contribution < -0.4 is 0 Å². The van der Waals surface area contributed by atoms with Gasteiger partial charge in [-0.05, 0) is 6.42 Å². The fraction of sp³-hybridized carbons (Fsp3) is 1.00. The van der Waals surface area contributed by atoms with Gasteiger partial charge >= 0.3 is 7.82 Å². The van der Waals surface area contributed by atoms with E-state index in [0.29, 0.717) is 6.42 Å². The van der Waals surface area contributed by atoms with Crippen molar-refractivity contribution in [3.8, 4) is 0 Å². The van der Waals surface area contributed by atoms with Crippen LogP contribution in [0.2, 0.25) is 0 Å². The number of phosphoric ester groups is 1. The van der Waals surface area contributed by atoms with Crippen LogP contribution in [0.15, 0.2) is 0 Å². The highest BCUT2D eigenvalue weighted by Gasteiger charge is 2.44. The molecule has 0 aliphatic heterocycles. The predicted octanol–water partition coefficient (Wildman–Crippen LogP) is 5.29. The summed E-state index contributed by atoms with van der Waals surface area (Å²) in [4.78, 5) is 0. The van der Waals surface area contributed by atoms with Crippen LogP contribution >= 0.6 is 77.4 Å². The first kappa shape index (κ1) is 19.9. The molecule has 0 aliphatic carbocycles. The summed E-state index contributed by atoms with van der Waals surface area (Å²) in [5, 5.41) is 0. The second kappa shape index (κ2) is 8.33. The van der Waals surface area contributed by atoms with Crippen LogP contribution in [0.1, 0.15) is 13.3 Å². The van der Waals surface area contributed by atoms with E-state index in [-0.39, 0.29) is 18.4 Å². The van der Waals surface area contributed by atoms with Gasteiger partial charge in [0, 0.05) is 0 Å². The minimum absolute atomic E-state index is 0.0512. The van der Waals surface area contributed by atoms with Gasteiger partial charge in [0.25, 0.3) is 0 Å². The highest BCUT2D eigenvalue weighted by molar-refractivity contribution is 7.48. The van der Waals surface area contributed by atoms with Crippen LogP contribution in [-0.2, 0) is 18.1 Å². The Labute approximate surface area is 136 Å². The minimum Gasteiger partial charge on any atom is -0.287 e. The molecular formula is C7H11Cl6O4P. The quantitative estimate of drug-likeness (QED) is 0.388. The first-order chi connectivity index (χ1) is 8.10. The summed E-state index contributed by atoms with van der Waals surface area (Å²) >= 11 is 33.3. The van der Waals surface area contributed by atoms with Gasteiger partial charge in [0.2, 0.25) is 9.04 Å². The number of rotatable bonds is 9. The molecule has 11 heteroatoms. The van der Waals surface area contributed by atoms with Crippen molar-refractivity contribution >= 4 is 77.4 Å². The van der Waals surface area contributed by atoms with Gasteiger partial charge < -0.3 is 0 Å². The SMILES string of the molecule is CCCOP(=O)(OC(Cl)(Cl)CCl)OC(Cl)(Cl)CCl. The summed E-state index contributed by atoms with van der Waals surface area (Å²) in [6.07, 6.45) is 0.535. The molecule has 0 spiro atoms. The number of alkyl halides is 6. The third-order valence-corrected chi connectivity index (χ3v) is 5.40. The molecule has 0 heterocycles. The molecule has 0 aromatic rings. The molecule has 0 aromatic heterocycles. The fourth-order valence-electron chi connectivity index (χ4n) is 0.650. The second-order valence-electron chi connectivity index (χ2n) is 3.00. The Bertz CT molecular complexity index is 278. The molecule has 0 atom stereocenters. The Balaban J connectivity index is 4.89. The third kappa shape index (κ3) is 8.21. The van der Waals surface area contributed by atoms with Crippen molar-refractivity contribution in [3.63, 3.8) is 0 Å². The van der Waals surface area contributed by atoms with E-state index in [0.717, 1.165) is 0 Å². The molecule has 0 saturated carbocycles. The lowest BCUT2D eigenvalue weighted by Crippen LogP contribution is -2.25. The summed E-state index contributed by atoms with van der Waals surface area (Å²) in [5.41, 5.74) is 0. The summed E-state index contributed by atoms with van der Waals surface area (Å²) in [7, 11) is -4.21. The lowest BCUT2D eigenvalue weighted by molar-refractivity contribution is 0.0828. The molecule has 0 saturated heterocycles. The van der Waals surface area contributed by atoms with Crippen molar-refractivity contribution in [1.29, 1.82) is 0 Å². The first-order valence-corrected chi connectivity index (χ1v) is 8.67. The van der Waals surface area contributed by atoms with Crippen LogP contribution in [0.3, 0.4) is 0 Å². The zero-order valence-electron chi connectivity index (χ0n) is 9.18. The van der Waals surface area contributed by atoms with Gasteiger partial charge in [0.1, 0.15) is 0 Å². The van der Waals surface area contributed by atoms with Crippen LogP contribution in [-0.4, -0.2) is 27.4 Å². The van der Waals surface area contributed by atoms with Gasteiger partial charge in [0.05, 0.1) is 18.4 Å². The molecule has 0 N–H and O–H groups in total. The number of hydrogen-bond acceptors (Lipinski definition) is 4. The van der Waals surface area contributed by atoms with Crippen LogP contribution in [0.5, 0.6) is 0 Å². The molecule has 0 rings (SSSR count). The lowest BCUT2D eigenvalue weighted by atomic mass is 10.5. The zero-order chi connectivity index (χ0) is 14.4. The highest BCUT2D eigenvalue weighted by atomic mass is 35.5. The Hall–Kier alpha value is 1.85. The van der Waals surface area contributed by atoms with Gasteiger partial charge in [-0.15, -0.1) is 23.2 Å². The fourth-order valence-corrected chi connectivity index (χ4v) is 3.26. The summed E-state index contributed by atoms with van der Waals surface area (Å²) in [6.45, 7) is 1.83. The van der Waals surface area contributed by atoms with Crippen molar-refractivity contribution in [2.24, 2.45) is 0 Å². The van der Waals surface area contributed by atoms with Crippen molar-refractivity contribution in [2.75, 3.05) is 18.4 Å². The standard InChI is InChI=1S/C7H11Cl6O4P/c1-2-3-15-18(14,16-6(10,11)4-8)17-7(12,13)5-9/h2-5H2,1H3. The molecule has 0 aliphatic rings. The Morgan fingerprint density at radius 2 is 1.39 bits per heavy atom. The summed E-state index contributed by atoms with van der Waals surface area (Å²) in [6, 6.07) is 0. The van der Waals surface area contributed by atoms with Crippen molar-refractivity contribution in [1.82, 2.24) is 0 Å². The minimum atomic E-state index is -4.21. The number of hydrogen-bond donors (Lipinski definition) is 0. The molecule has 0 radical (unpaired) electrons. The molecular weight excluding hydrogens is 392 g/mol. The first-order valence-electron chi connectivity index (χ1n) is 4.63. The highest BCUT2D eigenvalue weighted by Crippen LogP contribution is 2.58. The topological polar surface area (TPSA) is 44.8 Å². The summed E-state index contributed by atoms with van der Waals surface area (Å²) < 4.78 is 22.8. The maximum atomic E-state index is 12.2. The largest absolute Gasteiger partial charge is 0.480 e. The van der Waals surface area contributed by atoms with E-state index < -0.39 is 16.9 Å². The normalized spacial score (nSPS) is 13.9. The van der Waals surface area contributed by atoms with E-state index in [9.17, 15) is 4.57 Å². The Kier molecular flexibility index (Phi) is 9.19. The zero-order valence-corrected chi connectivity index (χ0v) is 14.6. The van der Waals surface area contributed by atoms with Crippen molar-refractivity contribution in [3.05, 3.63) is 0 Å². The molecule has 110 valence electrons. The lowest BCUT2D eigenvalue weighted by Gasteiger charge is -2.27. The maximum absolute atomic E-state index is 12.2. The van der Waals surface area contributed by atoms with E-state index >= 15 is 0 Å². The average Bonchev–Trinajstić information content (AvgIpc) is 2.25. The third-order valence-electron chi connectivity index (χ3n) is 1.26. The molecule has 0 bridgehead atoms. The summed E-state index contributed by atoms with van der Waals surface area (Å²) in [5.74, 6) is -0.755. The van der Waals surface area contributed by atoms with E-state index in [1.54, 1.807) is 6.92 Å². The van der Waals surface area contributed by atoms with E-state index in [4.69, 9.17) is 83.2 Å². The van der Waals surface area contributed by atoms with Crippen LogP contribution in [0.25, 0.3) is 0 Å². The van der Waals surface area contributed by atoms with Gasteiger partial charge in [0.15, 0.2) is 0 Å². The molecule has 4 nitrogen and oxygen atoms in total. The van der Waals surface area contributed by atoms with E-state index in [1.165, 1.54) is 0 Å². The number of halogens is 6. The predicted molar refractivity (Wildman–Crippen MR) is 76.3 cm³/mol. The van der Waals surface area contributed by atoms with Crippen molar-refractivity contribution < 1.29 is 18.1 Å². The molecule has 0 unspecified atom stereocenters. The average molecular weight is 403 g/mol. The smallest absolute Gasteiger partial charge is 0.287 e. The maximum Gasteiger partial charge on any atom is 0.480 e. The van der Waals surface area contributed by atoms with Crippen LogP contribution in [0.4, 0.5) is 0 Å². The van der Waals surface area contributed by atoms with Gasteiger partial charge in [-0.3, -0.25) is 4.52 Å². The van der Waals surface area contributed by atoms with E-state index in [1.807, 2.05) is 0 Å². The molecule has 0 amide bonds. The molecule has 18 heavy (non-hydrogen) atoms. The molecule has 0 fully saturated rings. The van der Waals surface area contributed by atoms with Gasteiger partial charge in [-0.25, -0.2) is 13.6 Å². The molecule has 0 aromatic carbocycles.